The second kappa shape index (κ2) is 73.0. The van der Waals surface area contributed by atoms with Crippen LogP contribution in [0.25, 0.3) is 0 Å². The second-order valence-corrected chi connectivity index (χ2v) is 32.0. The van der Waals surface area contributed by atoms with Crippen LogP contribution in [0.2, 0.25) is 0 Å². The van der Waals surface area contributed by atoms with Gasteiger partial charge in [-0.2, -0.15) is 0 Å². The van der Waals surface area contributed by atoms with Gasteiger partial charge in [0.25, 0.3) is 0 Å². The van der Waals surface area contributed by atoms with Gasteiger partial charge in [0.1, 0.15) is 19.3 Å². The third-order valence-electron chi connectivity index (χ3n) is 19.1. The summed E-state index contributed by atoms with van der Waals surface area (Å²) in [6, 6.07) is 0. The van der Waals surface area contributed by atoms with E-state index in [9.17, 15) is 43.2 Å². The van der Waals surface area contributed by atoms with Gasteiger partial charge in [0, 0.05) is 25.7 Å². The van der Waals surface area contributed by atoms with Gasteiger partial charge in [-0.3, -0.25) is 37.3 Å². The Balaban J connectivity index is 5.07. The van der Waals surface area contributed by atoms with E-state index in [4.69, 9.17) is 37.0 Å². The molecule has 0 rings (SSSR count). The Hall–Kier alpha value is -1.94. The molecule has 0 heterocycles. The fourth-order valence-corrected chi connectivity index (χ4v) is 14.0. The SMILES string of the molecule is CCCCCCCCCCCCCCCCCCCCCCCCC(=O)OC[C@H](COP(=O)(O)OC[C@@H](O)COP(=O)(O)OC[C@@H](COC(=O)CCCCCCC)OC(=O)CCCCCCCCCCCC)OC(=O)CCCCCCCCCCCCCCCCCCCCC(C)CC. The van der Waals surface area contributed by atoms with Crippen molar-refractivity contribution < 1.29 is 80.2 Å². The summed E-state index contributed by atoms with van der Waals surface area (Å²) >= 11 is 0. The normalized spacial score (nSPS) is 14.1. The summed E-state index contributed by atoms with van der Waals surface area (Å²) in [6.45, 7) is 7.27. The molecular weight excluding hydrogens is 1290 g/mol. The molecule has 3 N–H and O–H groups in total. The molecule has 99 heavy (non-hydrogen) atoms. The fraction of sp³-hybridized carbons (Fsp3) is 0.950. The summed E-state index contributed by atoms with van der Waals surface area (Å²) in [5, 5.41) is 10.6. The molecule has 0 aromatic rings. The summed E-state index contributed by atoms with van der Waals surface area (Å²) in [5.74, 6) is -1.25. The highest BCUT2D eigenvalue weighted by atomic mass is 31.2. The fourth-order valence-electron chi connectivity index (χ4n) is 12.4. The second-order valence-electron chi connectivity index (χ2n) is 29.1. The third-order valence-corrected chi connectivity index (χ3v) is 21.0. The van der Waals surface area contributed by atoms with Crippen LogP contribution in [-0.4, -0.2) is 96.7 Å². The van der Waals surface area contributed by atoms with Crippen molar-refractivity contribution in [2.45, 2.75) is 445 Å². The van der Waals surface area contributed by atoms with Crippen LogP contribution in [0.4, 0.5) is 0 Å². The molecule has 0 aliphatic heterocycles. The molecule has 0 saturated carbocycles. The summed E-state index contributed by atoms with van der Waals surface area (Å²) in [7, 11) is -9.90. The largest absolute Gasteiger partial charge is 0.472 e. The van der Waals surface area contributed by atoms with Crippen LogP contribution in [0.5, 0.6) is 0 Å². The van der Waals surface area contributed by atoms with E-state index in [1.807, 2.05) is 0 Å². The van der Waals surface area contributed by atoms with E-state index in [-0.39, 0.29) is 25.7 Å². The third kappa shape index (κ3) is 72.8. The minimum absolute atomic E-state index is 0.106. The van der Waals surface area contributed by atoms with E-state index >= 15 is 0 Å². The standard InChI is InChI=1S/C80H156O17P2/c1-6-10-13-16-18-20-22-23-24-25-26-27-28-29-33-36-39-42-46-49-54-59-64-78(83)91-70-76(97-80(85)66-61-56-51-47-43-40-37-34-31-30-32-35-38-41-44-48-53-57-62-73(5)9-4)72-95-99(88,89)93-68-74(81)67-92-98(86,87)94-71-75(69-90-77(82)63-58-52-15-12-8-3)96-79(84)65-60-55-50-45-21-19-17-14-11-7-2/h73-76,81H,6-72H2,1-5H3,(H,86,87)(H,88,89)/t73?,74-,75+,76+/m0/s1. The molecule has 0 aliphatic carbocycles. The predicted molar refractivity (Wildman–Crippen MR) is 405 cm³/mol. The highest BCUT2D eigenvalue weighted by Gasteiger charge is 2.30. The molecule has 3 unspecified atom stereocenters. The Labute approximate surface area is 607 Å². The van der Waals surface area contributed by atoms with Gasteiger partial charge in [-0.25, -0.2) is 9.13 Å². The maximum atomic E-state index is 13.1. The van der Waals surface area contributed by atoms with Gasteiger partial charge in [0.05, 0.1) is 26.4 Å². The molecule has 17 nitrogen and oxygen atoms in total. The zero-order chi connectivity index (χ0) is 72.7. The number of hydrogen-bond donors (Lipinski definition) is 3. The van der Waals surface area contributed by atoms with Crippen LogP contribution < -0.4 is 0 Å². The molecule has 0 aliphatic rings. The van der Waals surface area contributed by atoms with Gasteiger partial charge in [-0.15, -0.1) is 0 Å². The van der Waals surface area contributed by atoms with Crippen molar-refractivity contribution in [3.05, 3.63) is 0 Å². The van der Waals surface area contributed by atoms with Crippen molar-refractivity contribution in [2.75, 3.05) is 39.6 Å². The van der Waals surface area contributed by atoms with Gasteiger partial charge in [0.2, 0.25) is 0 Å². The number of aliphatic hydroxyl groups is 1. The lowest BCUT2D eigenvalue weighted by molar-refractivity contribution is -0.161. The first-order chi connectivity index (χ1) is 48.1. The van der Waals surface area contributed by atoms with Crippen molar-refractivity contribution in [1.82, 2.24) is 0 Å². The zero-order valence-electron chi connectivity index (χ0n) is 64.6. The number of carbonyl (C=O) groups excluding carboxylic acids is 4. The topological polar surface area (TPSA) is 237 Å². The van der Waals surface area contributed by atoms with Gasteiger partial charge < -0.3 is 33.8 Å². The van der Waals surface area contributed by atoms with E-state index in [0.717, 1.165) is 102 Å². The van der Waals surface area contributed by atoms with E-state index in [0.29, 0.717) is 25.7 Å². The number of carbonyl (C=O) groups is 4. The van der Waals surface area contributed by atoms with Crippen molar-refractivity contribution in [3.63, 3.8) is 0 Å². The number of phosphoric acid groups is 2. The summed E-state index contributed by atoms with van der Waals surface area (Å²) in [4.78, 5) is 72.5. The Bertz CT molecular complexity index is 1890. The summed E-state index contributed by atoms with van der Waals surface area (Å²) < 4.78 is 68.3. The molecular formula is C80H156O17P2. The van der Waals surface area contributed by atoms with Gasteiger partial charge in [-0.1, -0.05) is 375 Å². The van der Waals surface area contributed by atoms with Crippen LogP contribution >= 0.6 is 15.6 Å². The van der Waals surface area contributed by atoms with E-state index in [1.54, 1.807) is 0 Å². The zero-order valence-corrected chi connectivity index (χ0v) is 66.4. The van der Waals surface area contributed by atoms with E-state index in [2.05, 4.69) is 34.6 Å². The van der Waals surface area contributed by atoms with Gasteiger partial charge in [0.15, 0.2) is 12.2 Å². The molecule has 0 bridgehead atoms. The number of ether oxygens (including phenoxy) is 4. The number of aliphatic hydroxyl groups excluding tert-OH is 1. The lowest BCUT2D eigenvalue weighted by Gasteiger charge is -2.21. The molecule has 0 aromatic heterocycles. The van der Waals surface area contributed by atoms with E-state index < -0.39 is 97.5 Å². The number of phosphoric ester groups is 2. The highest BCUT2D eigenvalue weighted by molar-refractivity contribution is 7.47. The number of unbranched alkanes of at least 4 members (excludes halogenated alkanes) is 51. The molecule has 0 radical (unpaired) electrons. The van der Waals surface area contributed by atoms with Crippen molar-refractivity contribution in [1.29, 1.82) is 0 Å². The van der Waals surface area contributed by atoms with Crippen LogP contribution in [-0.2, 0) is 65.4 Å². The average Bonchev–Trinajstić information content (AvgIpc) is 1.31. The first-order valence-corrected chi connectivity index (χ1v) is 44.7. The molecule has 0 spiro atoms. The Morgan fingerprint density at radius 1 is 0.283 bits per heavy atom. The average molecular weight is 1450 g/mol. The van der Waals surface area contributed by atoms with Crippen molar-refractivity contribution in [3.8, 4) is 0 Å². The monoisotopic (exact) mass is 1450 g/mol. The lowest BCUT2D eigenvalue weighted by atomic mass is 9.99. The Morgan fingerprint density at radius 3 is 0.717 bits per heavy atom. The van der Waals surface area contributed by atoms with Crippen molar-refractivity contribution in [2.24, 2.45) is 5.92 Å². The lowest BCUT2D eigenvalue weighted by Crippen LogP contribution is -2.30. The highest BCUT2D eigenvalue weighted by Crippen LogP contribution is 2.45. The van der Waals surface area contributed by atoms with Crippen molar-refractivity contribution >= 4 is 39.5 Å². The maximum absolute atomic E-state index is 13.1. The van der Waals surface area contributed by atoms with Crippen LogP contribution in [0, 0.1) is 5.92 Å². The minimum Gasteiger partial charge on any atom is -0.462 e. The summed E-state index contributed by atoms with van der Waals surface area (Å²) in [6.07, 6.45) is 64.5. The number of esters is 4. The number of hydrogen-bond acceptors (Lipinski definition) is 15. The maximum Gasteiger partial charge on any atom is 0.472 e. The number of rotatable bonds is 80. The van der Waals surface area contributed by atoms with Crippen LogP contribution in [0.1, 0.15) is 426 Å². The predicted octanol–water partition coefficient (Wildman–Crippen LogP) is 24.0. The molecule has 6 atom stereocenters. The minimum atomic E-state index is -4.96. The molecule has 0 fully saturated rings. The summed E-state index contributed by atoms with van der Waals surface area (Å²) in [5.41, 5.74) is 0. The molecule has 0 aromatic carbocycles. The quantitative estimate of drug-likeness (QED) is 0.0222. The molecule has 0 amide bonds. The smallest absolute Gasteiger partial charge is 0.462 e. The first-order valence-electron chi connectivity index (χ1n) is 41.7. The first kappa shape index (κ1) is 97.1. The molecule has 0 saturated heterocycles. The van der Waals surface area contributed by atoms with Gasteiger partial charge >= 0.3 is 39.5 Å². The van der Waals surface area contributed by atoms with Crippen LogP contribution in [0.3, 0.4) is 0 Å². The van der Waals surface area contributed by atoms with Gasteiger partial charge in [-0.05, 0) is 31.6 Å². The Morgan fingerprint density at radius 2 is 0.485 bits per heavy atom. The molecule has 19 heteroatoms. The van der Waals surface area contributed by atoms with E-state index in [1.165, 1.54) is 244 Å². The van der Waals surface area contributed by atoms with Crippen LogP contribution in [0.15, 0.2) is 0 Å². The Kier molecular flexibility index (Phi) is 71.6. The molecule has 588 valence electrons.